The van der Waals surface area contributed by atoms with Crippen molar-refractivity contribution in [3.63, 3.8) is 0 Å². The summed E-state index contributed by atoms with van der Waals surface area (Å²) in [6, 6.07) is 2.29. The van der Waals surface area contributed by atoms with Gasteiger partial charge in [-0.05, 0) is 71.4 Å². The van der Waals surface area contributed by atoms with Gasteiger partial charge < -0.3 is 9.64 Å². The molecule has 8 nitrogen and oxygen atoms in total. The number of fused-ring (bicyclic) bond motifs is 2. The first-order valence-electron chi connectivity index (χ1n) is 13.7. The standard InChI is InChI=1S/C17H19FN4O2.C10H17F4N.HOP/c1-24-16-7-12(13(18)9-19-16)14-8-15(21-20-14)17(23)22-10-3-2-4-11(22)6-5-10;1-9(2,11)7-15-6-4-3-5-8(15)10(12,13)14;1-2/h7-11H,2-6H2,1H3,(H,20,21);8H,3-7H2,1-2H3;2H/t10-,11+;;. The van der Waals surface area contributed by atoms with Gasteiger partial charge in [-0.25, -0.2) is 13.8 Å². The van der Waals surface area contributed by atoms with Crippen LogP contribution in [0.15, 0.2) is 18.3 Å². The maximum atomic E-state index is 14.0. The highest BCUT2D eigenvalue weighted by Gasteiger charge is 2.45. The third kappa shape index (κ3) is 8.44. The van der Waals surface area contributed by atoms with Crippen LogP contribution < -0.4 is 4.74 Å². The van der Waals surface area contributed by atoms with Gasteiger partial charge in [-0.15, -0.1) is 0 Å². The number of nitrogens with one attached hydrogen (secondary N) is 1. The topological polar surface area (TPSA) is 91.4 Å². The Morgan fingerprint density at radius 1 is 1.05 bits per heavy atom. The van der Waals surface area contributed by atoms with E-state index >= 15 is 0 Å². The Kier molecular flexibility index (Phi) is 11.2. The summed E-state index contributed by atoms with van der Waals surface area (Å²) in [6.45, 7) is 2.83. The molecule has 228 valence electrons. The molecule has 3 aliphatic rings. The summed E-state index contributed by atoms with van der Waals surface area (Å²) in [5, 5.41) is 6.88. The van der Waals surface area contributed by atoms with Crippen LogP contribution in [0.1, 0.15) is 75.7 Å². The summed E-state index contributed by atoms with van der Waals surface area (Å²) in [5.74, 6) is -0.238. The number of aromatic amines is 1. The molecule has 2 bridgehead atoms. The maximum Gasteiger partial charge on any atom is 0.404 e. The van der Waals surface area contributed by atoms with E-state index < -0.39 is 23.7 Å². The molecule has 0 spiro atoms. The Balaban J connectivity index is 0.000000236. The number of halogens is 5. The van der Waals surface area contributed by atoms with Crippen LogP contribution in [-0.4, -0.2) is 81.1 Å². The number of likely N-dealkylation sites (tertiary alicyclic amines) is 1. The minimum absolute atomic E-state index is 0.0395. The van der Waals surface area contributed by atoms with Crippen molar-refractivity contribution in [2.24, 2.45) is 0 Å². The lowest BCUT2D eigenvalue weighted by Gasteiger charge is -2.38. The number of piperidine rings is 2. The van der Waals surface area contributed by atoms with Gasteiger partial charge in [0.2, 0.25) is 5.88 Å². The molecule has 5 rings (SSSR count). The average molecular weight is 606 g/mol. The quantitative estimate of drug-likeness (QED) is 0.313. The van der Waals surface area contributed by atoms with Crippen LogP contribution in [0.5, 0.6) is 5.88 Å². The van der Waals surface area contributed by atoms with Gasteiger partial charge in [0.05, 0.1) is 19.0 Å². The van der Waals surface area contributed by atoms with Gasteiger partial charge in [0.1, 0.15) is 26.5 Å². The smallest absolute Gasteiger partial charge is 0.404 e. The predicted molar refractivity (Wildman–Crippen MR) is 145 cm³/mol. The summed E-state index contributed by atoms with van der Waals surface area (Å²) in [4.78, 5) is 19.9. The molecule has 0 radical (unpaired) electrons. The molecule has 3 aliphatic heterocycles. The van der Waals surface area contributed by atoms with Crippen molar-refractivity contribution in [3.8, 4) is 17.1 Å². The second-order valence-corrected chi connectivity index (χ2v) is 11.1. The number of carbonyl (C=O) groups excluding carboxylic acids is 1. The molecule has 2 aromatic heterocycles. The lowest BCUT2D eigenvalue weighted by molar-refractivity contribution is -0.194. The molecule has 1 amide bonds. The largest absolute Gasteiger partial charge is 0.481 e. The first-order valence-corrected chi connectivity index (χ1v) is 14.1. The number of nitrogens with zero attached hydrogens (tertiary/aromatic N) is 4. The first kappa shape index (κ1) is 32.8. The molecule has 3 fully saturated rings. The number of ether oxygens (including phenoxy) is 1. The van der Waals surface area contributed by atoms with Crippen molar-refractivity contribution in [1.82, 2.24) is 25.0 Å². The summed E-state index contributed by atoms with van der Waals surface area (Å²) >= 11 is 0. The number of rotatable bonds is 5. The SMILES string of the molecule is CC(C)(F)CN1CCCCC1C(F)(F)F.COc1cc(-c2cc(C(=O)N3[C@@H]4CCC[C@H]3CC4)[nH]n2)c(F)cn1.O=P. The molecule has 0 aliphatic carbocycles. The number of hydrogen-bond donors (Lipinski definition) is 1. The van der Waals surface area contributed by atoms with Gasteiger partial charge in [0, 0.05) is 30.3 Å². The van der Waals surface area contributed by atoms with Gasteiger partial charge in [-0.2, -0.15) is 18.3 Å². The van der Waals surface area contributed by atoms with E-state index in [0.717, 1.165) is 38.3 Å². The summed E-state index contributed by atoms with van der Waals surface area (Å²) in [7, 11) is 3.19. The molecule has 14 heteroatoms. The van der Waals surface area contributed by atoms with E-state index in [1.807, 2.05) is 4.90 Å². The average Bonchev–Trinajstić information content (AvgIpc) is 3.51. The van der Waals surface area contributed by atoms with E-state index in [1.165, 1.54) is 38.3 Å². The molecular weight excluding hydrogens is 568 g/mol. The van der Waals surface area contributed by atoms with Crippen LogP contribution in [0.4, 0.5) is 22.0 Å². The van der Waals surface area contributed by atoms with Crippen molar-refractivity contribution < 1.29 is 36.0 Å². The van der Waals surface area contributed by atoms with Gasteiger partial charge in [-0.3, -0.25) is 19.4 Å². The number of pyridine rings is 1. The molecule has 0 aromatic carbocycles. The molecule has 3 atom stereocenters. The van der Waals surface area contributed by atoms with Gasteiger partial charge in [-0.1, -0.05) is 6.42 Å². The van der Waals surface area contributed by atoms with Crippen molar-refractivity contribution in [3.05, 3.63) is 29.8 Å². The number of H-pyrrole nitrogens is 1. The van der Waals surface area contributed by atoms with Gasteiger partial charge in [0.25, 0.3) is 5.91 Å². The van der Waals surface area contributed by atoms with E-state index in [0.29, 0.717) is 42.3 Å². The highest BCUT2D eigenvalue weighted by molar-refractivity contribution is 7.00. The zero-order valence-electron chi connectivity index (χ0n) is 23.4. The van der Waals surface area contributed by atoms with Crippen LogP contribution in [0.25, 0.3) is 11.3 Å². The Labute approximate surface area is 238 Å². The Hall–Kier alpha value is -2.66. The van der Waals surface area contributed by atoms with E-state index in [2.05, 4.69) is 15.2 Å². The molecule has 0 saturated carbocycles. The van der Waals surface area contributed by atoms with Crippen molar-refractivity contribution in [2.45, 2.75) is 95.2 Å². The zero-order chi connectivity index (χ0) is 30.4. The lowest BCUT2D eigenvalue weighted by atomic mass is 9.99. The van der Waals surface area contributed by atoms with Gasteiger partial charge >= 0.3 is 6.18 Å². The van der Waals surface area contributed by atoms with E-state index in [-0.39, 0.29) is 24.4 Å². The second-order valence-electron chi connectivity index (χ2n) is 11.1. The number of hydrogen-bond acceptors (Lipinski definition) is 6. The zero-order valence-corrected chi connectivity index (χ0v) is 24.4. The number of carbonyl (C=O) groups is 1. The molecule has 3 saturated heterocycles. The Morgan fingerprint density at radius 2 is 1.71 bits per heavy atom. The number of alkyl halides is 4. The fraction of sp³-hybridized carbons (Fsp3) is 0.667. The normalized spacial score (nSPS) is 22.7. The molecular formula is C27H37F5N5O3P. The van der Waals surface area contributed by atoms with E-state index in [1.54, 1.807) is 15.2 Å². The highest BCUT2D eigenvalue weighted by atomic mass is 31.0. The van der Waals surface area contributed by atoms with Crippen LogP contribution in [-0.2, 0) is 4.57 Å². The van der Waals surface area contributed by atoms with Crippen molar-refractivity contribution in [1.29, 1.82) is 0 Å². The fourth-order valence-electron chi connectivity index (χ4n) is 5.92. The van der Waals surface area contributed by atoms with Crippen molar-refractivity contribution in [2.75, 3.05) is 20.2 Å². The van der Waals surface area contributed by atoms with Crippen LogP contribution in [0.3, 0.4) is 0 Å². The van der Waals surface area contributed by atoms with Crippen LogP contribution in [0, 0.1) is 5.82 Å². The summed E-state index contributed by atoms with van der Waals surface area (Å²) < 4.78 is 78.2. The lowest BCUT2D eigenvalue weighted by Crippen LogP contribution is -2.52. The summed E-state index contributed by atoms with van der Waals surface area (Å²) in [6.07, 6.45) is 3.74. The van der Waals surface area contributed by atoms with Gasteiger partial charge in [0.15, 0.2) is 5.82 Å². The molecule has 1 N–H and O–H groups in total. The Morgan fingerprint density at radius 3 is 2.29 bits per heavy atom. The summed E-state index contributed by atoms with van der Waals surface area (Å²) in [5.41, 5.74) is -0.528. The molecule has 1 unspecified atom stereocenters. The highest BCUT2D eigenvalue weighted by Crippen LogP contribution is 2.37. The predicted octanol–water partition coefficient (Wildman–Crippen LogP) is 6.40. The fourth-order valence-corrected chi connectivity index (χ4v) is 5.92. The van der Waals surface area contributed by atoms with Crippen molar-refractivity contribution >= 4 is 15.0 Å². The number of aromatic nitrogens is 3. The third-order valence-electron chi connectivity index (χ3n) is 7.62. The van der Waals surface area contributed by atoms with Crippen LogP contribution in [0.2, 0.25) is 0 Å². The van der Waals surface area contributed by atoms with E-state index in [4.69, 9.17) is 9.30 Å². The maximum absolute atomic E-state index is 14.0. The van der Waals surface area contributed by atoms with E-state index in [9.17, 15) is 26.7 Å². The van der Waals surface area contributed by atoms with Crippen LogP contribution >= 0.6 is 9.12 Å². The number of amides is 1. The molecule has 41 heavy (non-hydrogen) atoms. The third-order valence-corrected chi connectivity index (χ3v) is 7.62. The molecule has 5 heterocycles. The first-order chi connectivity index (χ1) is 19.4. The molecule has 2 aromatic rings. The minimum atomic E-state index is -4.23. The Bertz CT molecular complexity index is 1140. The minimum Gasteiger partial charge on any atom is -0.481 e. The second kappa shape index (κ2) is 14.0. The number of methoxy groups -OCH3 is 1. The monoisotopic (exact) mass is 605 g/mol.